The van der Waals surface area contributed by atoms with E-state index in [4.69, 9.17) is 5.11 Å². The molecule has 2 rings (SSSR count). The molecular weight excluding hydrogens is 298 g/mol. The number of benzene rings is 1. The van der Waals surface area contributed by atoms with Crippen molar-refractivity contribution >= 4 is 27.8 Å². The number of carboxylic acids is 1. The first-order chi connectivity index (χ1) is 8.49. The molecule has 1 aliphatic carbocycles. The van der Waals surface area contributed by atoms with E-state index in [1.54, 1.807) is 0 Å². The van der Waals surface area contributed by atoms with Crippen molar-refractivity contribution in [2.75, 3.05) is 0 Å². The van der Waals surface area contributed by atoms with E-state index < -0.39 is 12.0 Å². The van der Waals surface area contributed by atoms with Crippen LogP contribution in [-0.2, 0) is 9.59 Å². The molecule has 0 aromatic heterocycles. The molecule has 0 aliphatic heterocycles. The molecule has 0 spiro atoms. The van der Waals surface area contributed by atoms with Crippen LogP contribution in [0.3, 0.4) is 0 Å². The van der Waals surface area contributed by atoms with Crippen LogP contribution >= 0.6 is 15.9 Å². The molecule has 0 saturated heterocycles. The van der Waals surface area contributed by atoms with Gasteiger partial charge in [0.25, 0.3) is 0 Å². The minimum absolute atomic E-state index is 0.0962. The van der Waals surface area contributed by atoms with Crippen molar-refractivity contribution in [2.24, 2.45) is 5.92 Å². The van der Waals surface area contributed by atoms with Crippen molar-refractivity contribution in [2.45, 2.75) is 25.3 Å². The van der Waals surface area contributed by atoms with E-state index in [1.807, 2.05) is 24.3 Å². The fourth-order valence-corrected chi connectivity index (χ4v) is 2.39. The molecule has 0 bridgehead atoms. The molecule has 2 N–H and O–H groups in total. The molecular formula is C13H14BrNO3. The van der Waals surface area contributed by atoms with Gasteiger partial charge in [0.15, 0.2) is 0 Å². The molecule has 1 amide bonds. The van der Waals surface area contributed by atoms with E-state index in [0.29, 0.717) is 0 Å². The highest BCUT2D eigenvalue weighted by molar-refractivity contribution is 9.10. The molecule has 1 aromatic carbocycles. The van der Waals surface area contributed by atoms with Crippen molar-refractivity contribution in [3.63, 3.8) is 0 Å². The van der Waals surface area contributed by atoms with Gasteiger partial charge in [-0.15, -0.1) is 0 Å². The van der Waals surface area contributed by atoms with Gasteiger partial charge in [-0.1, -0.05) is 28.1 Å². The number of aliphatic carboxylic acids is 1. The molecule has 3 atom stereocenters. The summed E-state index contributed by atoms with van der Waals surface area (Å²) in [5.41, 5.74) is 1.12. The molecule has 96 valence electrons. The van der Waals surface area contributed by atoms with Gasteiger partial charge in [0, 0.05) is 10.4 Å². The first-order valence-electron chi connectivity index (χ1n) is 5.77. The molecule has 0 radical (unpaired) electrons. The number of carboxylic acid groups (broad SMARTS) is 1. The number of nitrogens with one attached hydrogen (secondary N) is 1. The minimum Gasteiger partial charge on any atom is -0.480 e. The maximum atomic E-state index is 11.8. The van der Waals surface area contributed by atoms with Crippen LogP contribution < -0.4 is 5.32 Å². The van der Waals surface area contributed by atoms with Crippen molar-refractivity contribution in [3.8, 4) is 0 Å². The van der Waals surface area contributed by atoms with Gasteiger partial charge in [0.1, 0.15) is 6.04 Å². The molecule has 18 heavy (non-hydrogen) atoms. The summed E-state index contributed by atoms with van der Waals surface area (Å²) >= 11 is 3.40. The summed E-state index contributed by atoms with van der Waals surface area (Å²) < 4.78 is 0.991. The highest BCUT2D eigenvalue weighted by Crippen LogP contribution is 2.47. The van der Waals surface area contributed by atoms with E-state index in [0.717, 1.165) is 16.5 Å². The highest BCUT2D eigenvalue weighted by Gasteiger charge is 2.44. The zero-order valence-electron chi connectivity index (χ0n) is 9.89. The van der Waals surface area contributed by atoms with Crippen molar-refractivity contribution in [3.05, 3.63) is 34.3 Å². The lowest BCUT2D eigenvalue weighted by Gasteiger charge is -2.08. The zero-order chi connectivity index (χ0) is 13.3. The lowest BCUT2D eigenvalue weighted by molar-refractivity contribution is -0.141. The van der Waals surface area contributed by atoms with Crippen LogP contribution in [-0.4, -0.2) is 23.0 Å². The topological polar surface area (TPSA) is 66.4 Å². The van der Waals surface area contributed by atoms with Crippen molar-refractivity contribution in [1.29, 1.82) is 0 Å². The Kier molecular flexibility index (Phi) is 3.71. The second-order valence-electron chi connectivity index (χ2n) is 4.57. The number of rotatable bonds is 4. The molecule has 1 aliphatic rings. The number of carbonyl (C=O) groups is 2. The Morgan fingerprint density at radius 1 is 1.50 bits per heavy atom. The second kappa shape index (κ2) is 5.10. The summed E-state index contributed by atoms with van der Waals surface area (Å²) in [6.45, 7) is 1.47. The Morgan fingerprint density at radius 3 is 2.83 bits per heavy atom. The molecule has 1 saturated carbocycles. The zero-order valence-corrected chi connectivity index (χ0v) is 11.5. The molecule has 4 nitrogen and oxygen atoms in total. The van der Waals surface area contributed by atoms with E-state index >= 15 is 0 Å². The highest BCUT2D eigenvalue weighted by atomic mass is 79.9. The van der Waals surface area contributed by atoms with Gasteiger partial charge >= 0.3 is 5.97 Å². The Hall–Kier alpha value is -1.36. The number of hydrogen-bond acceptors (Lipinski definition) is 2. The quantitative estimate of drug-likeness (QED) is 0.895. The number of carbonyl (C=O) groups excluding carboxylic acids is 1. The maximum absolute atomic E-state index is 11.8. The predicted molar refractivity (Wildman–Crippen MR) is 70.2 cm³/mol. The molecule has 5 heteroatoms. The van der Waals surface area contributed by atoms with Crippen LogP contribution in [0.5, 0.6) is 0 Å². The molecule has 1 fully saturated rings. The normalized spacial score (nSPS) is 23.2. The molecule has 1 aromatic rings. The third-order valence-corrected chi connectivity index (χ3v) is 3.63. The SMILES string of the molecule is CC(NC(=O)C1CC1c1cccc(Br)c1)C(=O)O. The van der Waals surface area contributed by atoms with Crippen LogP contribution in [0.1, 0.15) is 24.8 Å². The number of halogens is 1. The van der Waals surface area contributed by atoms with Crippen molar-refractivity contribution in [1.82, 2.24) is 5.32 Å². The van der Waals surface area contributed by atoms with Gasteiger partial charge in [-0.3, -0.25) is 9.59 Å². The van der Waals surface area contributed by atoms with Crippen LogP contribution in [0.15, 0.2) is 28.7 Å². The minimum atomic E-state index is -1.01. The Morgan fingerprint density at radius 2 is 2.22 bits per heavy atom. The summed E-state index contributed by atoms with van der Waals surface area (Å²) in [5, 5.41) is 11.2. The van der Waals surface area contributed by atoms with E-state index in [9.17, 15) is 9.59 Å². The fraction of sp³-hybridized carbons (Fsp3) is 0.385. The second-order valence-corrected chi connectivity index (χ2v) is 5.49. The first kappa shape index (κ1) is 13.1. The summed E-state index contributed by atoms with van der Waals surface area (Å²) in [7, 11) is 0. The molecule has 3 unspecified atom stereocenters. The van der Waals surface area contributed by atoms with Crippen LogP contribution in [0, 0.1) is 5.92 Å². The number of amides is 1. The fourth-order valence-electron chi connectivity index (χ4n) is 1.97. The summed E-state index contributed by atoms with van der Waals surface area (Å²) in [4.78, 5) is 22.5. The lowest BCUT2D eigenvalue weighted by atomic mass is 10.1. The van der Waals surface area contributed by atoms with Crippen LogP contribution in [0.2, 0.25) is 0 Å². The van der Waals surface area contributed by atoms with Crippen molar-refractivity contribution < 1.29 is 14.7 Å². The average molecular weight is 312 g/mol. The summed E-state index contributed by atoms with van der Waals surface area (Å²) in [5.74, 6) is -1.07. The van der Waals surface area contributed by atoms with Crippen LogP contribution in [0.25, 0.3) is 0 Å². The van der Waals surface area contributed by atoms with Gasteiger partial charge < -0.3 is 10.4 Å². The Balaban J connectivity index is 1.95. The van der Waals surface area contributed by atoms with Gasteiger partial charge in [-0.05, 0) is 37.0 Å². The van der Waals surface area contributed by atoms with E-state index in [1.165, 1.54) is 6.92 Å². The number of hydrogen-bond donors (Lipinski definition) is 2. The monoisotopic (exact) mass is 311 g/mol. The Bertz CT molecular complexity index is 489. The first-order valence-corrected chi connectivity index (χ1v) is 6.57. The lowest BCUT2D eigenvalue weighted by Crippen LogP contribution is -2.39. The van der Waals surface area contributed by atoms with E-state index in [-0.39, 0.29) is 17.7 Å². The van der Waals surface area contributed by atoms with Gasteiger partial charge in [-0.2, -0.15) is 0 Å². The molecule has 0 heterocycles. The third-order valence-electron chi connectivity index (χ3n) is 3.13. The van der Waals surface area contributed by atoms with Gasteiger partial charge in [-0.25, -0.2) is 0 Å². The average Bonchev–Trinajstić information content (AvgIpc) is 3.08. The maximum Gasteiger partial charge on any atom is 0.325 e. The van der Waals surface area contributed by atoms with Gasteiger partial charge in [0.2, 0.25) is 5.91 Å². The summed E-state index contributed by atoms with van der Waals surface area (Å²) in [6.07, 6.45) is 0.786. The standard InChI is InChI=1S/C13H14BrNO3/c1-7(13(17)18)15-12(16)11-6-10(11)8-3-2-4-9(14)5-8/h2-5,7,10-11H,6H2,1H3,(H,15,16)(H,17,18). The largest absolute Gasteiger partial charge is 0.480 e. The van der Waals surface area contributed by atoms with Crippen LogP contribution in [0.4, 0.5) is 0 Å². The summed E-state index contributed by atoms with van der Waals surface area (Å²) in [6, 6.07) is 7.03. The third kappa shape index (κ3) is 2.90. The van der Waals surface area contributed by atoms with E-state index in [2.05, 4.69) is 21.2 Å². The van der Waals surface area contributed by atoms with Gasteiger partial charge in [0.05, 0.1) is 0 Å². The predicted octanol–water partition coefficient (Wildman–Crippen LogP) is 2.14. The Labute approximate surface area is 114 Å². The smallest absolute Gasteiger partial charge is 0.325 e.